The molecule has 1 aliphatic heterocycles. The summed E-state index contributed by atoms with van der Waals surface area (Å²) in [7, 11) is 0. The lowest BCUT2D eigenvalue weighted by molar-refractivity contribution is -0.141. The Morgan fingerprint density at radius 2 is 2.38 bits per heavy atom. The van der Waals surface area contributed by atoms with Gasteiger partial charge in [0.2, 0.25) is 11.8 Å². The SMILES string of the molecule is C#CC[C@H](NC(=O)[C@@H]1CCC(=O)N1)C(=O)O. The molecule has 2 amide bonds. The Labute approximate surface area is 92.4 Å². The molecule has 0 saturated carbocycles. The first kappa shape index (κ1) is 12.0. The van der Waals surface area contributed by atoms with Gasteiger partial charge < -0.3 is 15.7 Å². The zero-order valence-electron chi connectivity index (χ0n) is 8.53. The Kier molecular flexibility index (Phi) is 3.89. The zero-order chi connectivity index (χ0) is 12.1. The van der Waals surface area contributed by atoms with Crippen molar-refractivity contribution in [3.05, 3.63) is 0 Å². The minimum atomic E-state index is -1.18. The van der Waals surface area contributed by atoms with Crippen LogP contribution in [0.2, 0.25) is 0 Å². The monoisotopic (exact) mass is 224 g/mol. The largest absolute Gasteiger partial charge is 0.480 e. The Bertz CT molecular complexity index is 358. The molecular formula is C10H12N2O4. The second-order valence-corrected chi connectivity index (χ2v) is 3.47. The van der Waals surface area contributed by atoms with Crippen LogP contribution in [0, 0.1) is 12.3 Å². The molecule has 3 N–H and O–H groups in total. The summed E-state index contributed by atoms with van der Waals surface area (Å²) in [5.41, 5.74) is 0. The fourth-order valence-electron chi connectivity index (χ4n) is 1.40. The first-order chi connectivity index (χ1) is 7.54. The molecule has 86 valence electrons. The fourth-order valence-corrected chi connectivity index (χ4v) is 1.40. The molecule has 0 aromatic carbocycles. The Morgan fingerprint density at radius 1 is 1.69 bits per heavy atom. The van der Waals surface area contributed by atoms with Gasteiger partial charge in [-0.25, -0.2) is 4.79 Å². The van der Waals surface area contributed by atoms with E-state index in [1.807, 2.05) is 0 Å². The highest BCUT2D eigenvalue weighted by atomic mass is 16.4. The lowest BCUT2D eigenvalue weighted by Crippen LogP contribution is -2.48. The molecule has 1 saturated heterocycles. The van der Waals surface area contributed by atoms with Crippen molar-refractivity contribution < 1.29 is 19.5 Å². The number of carbonyl (C=O) groups is 3. The number of rotatable bonds is 4. The van der Waals surface area contributed by atoms with E-state index < -0.39 is 24.0 Å². The summed E-state index contributed by atoms with van der Waals surface area (Å²) in [5.74, 6) is 0.276. The summed E-state index contributed by atoms with van der Waals surface area (Å²) < 4.78 is 0. The Hall–Kier alpha value is -2.03. The van der Waals surface area contributed by atoms with Crippen molar-refractivity contribution in [3.63, 3.8) is 0 Å². The predicted molar refractivity (Wildman–Crippen MR) is 54.2 cm³/mol. The van der Waals surface area contributed by atoms with Crippen LogP contribution in [0.1, 0.15) is 19.3 Å². The predicted octanol–water partition coefficient (Wildman–Crippen LogP) is -1.14. The van der Waals surface area contributed by atoms with Gasteiger partial charge in [-0.3, -0.25) is 9.59 Å². The molecule has 16 heavy (non-hydrogen) atoms. The lowest BCUT2D eigenvalue weighted by atomic mass is 10.1. The van der Waals surface area contributed by atoms with Crippen LogP contribution in [0.15, 0.2) is 0 Å². The number of hydrogen-bond donors (Lipinski definition) is 3. The van der Waals surface area contributed by atoms with E-state index in [0.29, 0.717) is 6.42 Å². The molecule has 0 bridgehead atoms. The molecule has 0 spiro atoms. The van der Waals surface area contributed by atoms with Gasteiger partial charge in [-0.15, -0.1) is 12.3 Å². The molecule has 0 radical (unpaired) electrons. The third kappa shape index (κ3) is 2.98. The summed E-state index contributed by atoms with van der Waals surface area (Å²) in [5, 5.41) is 13.5. The van der Waals surface area contributed by atoms with Crippen molar-refractivity contribution in [3.8, 4) is 12.3 Å². The van der Waals surface area contributed by atoms with Gasteiger partial charge in [0.15, 0.2) is 0 Å². The van der Waals surface area contributed by atoms with E-state index >= 15 is 0 Å². The van der Waals surface area contributed by atoms with Gasteiger partial charge in [-0.2, -0.15) is 0 Å². The molecule has 6 nitrogen and oxygen atoms in total. The van der Waals surface area contributed by atoms with Gasteiger partial charge in [-0.1, -0.05) is 0 Å². The number of nitrogens with one attached hydrogen (secondary N) is 2. The summed E-state index contributed by atoms with van der Waals surface area (Å²) in [4.78, 5) is 33.1. The maximum atomic E-state index is 11.5. The van der Waals surface area contributed by atoms with E-state index in [1.165, 1.54) is 0 Å². The second-order valence-electron chi connectivity index (χ2n) is 3.47. The fraction of sp³-hybridized carbons (Fsp3) is 0.500. The third-order valence-corrected chi connectivity index (χ3v) is 2.25. The molecular weight excluding hydrogens is 212 g/mol. The summed E-state index contributed by atoms with van der Waals surface area (Å²) in [6.45, 7) is 0. The summed E-state index contributed by atoms with van der Waals surface area (Å²) in [6.07, 6.45) is 5.57. The summed E-state index contributed by atoms with van der Waals surface area (Å²) >= 11 is 0. The van der Waals surface area contributed by atoms with E-state index in [2.05, 4.69) is 16.6 Å². The number of terminal acetylenes is 1. The Morgan fingerprint density at radius 3 is 2.81 bits per heavy atom. The number of carbonyl (C=O) groups excluding carboxylic acids is 2. The average molecular weight is 224 g/mol. The molecule has 0 aromatic rings. The Balaban J connectivity index is 2.52. The second kappa shape index (κ2) is 5.16. The van der Waals surface area contributed by atoms with Gasteiger partial charge in [-0.05, 0) is 6.42 Å². The van der Waals surface area contributed by atoms with Gasteiger partial charge in [0.05, 0.1) is 0 Å². The van der Waals surface area contributed by atoms with Gasteiger partial charge in [0.1, 0.15) is 12.1 Å². The van der Waals surface area contributed by atoms with Crippen LogP contribution in [-0.2, 0) is 14.4 Å². The smallest absolute Gasteiger partial charge is 0.327 e. The molecule has 2 atom stereocenters. The van der Waals surface area contributed by atoms with Gasteiger partial charge in [0.25, 0.3) is 0 Å². The molecule has 1 aliphatic rings. The van der Waals surface area contributed by atoms with E-state index in [1.54, 1.807) is 0 Å². The van der Waals surface area contributed by atoms with Crippen LogP contribution in [0.25, 0.3) is 0 Å². The van der Waals surface area contributed by atoms with Gasteiger partial charge in [0, 0.05) is 12.8 Å². The third-order valence-electron chi connectivity index (χ3n) is 2.25. The summed E-state index contributed by atoms with van der Waals surface area (Å²) in [6, 6.07) is -1.75. The quantitative estimate of drug-likeness (QED) is 0.526. The van der Waals surface area contributed by atoms with Crippen molar-refractivity contribution in [2.24, 2.45) is 0 Å². The van der Waals surface area contributed by atoms with Crippen LogP contribution in [0.3, 0.4) is 0 Å². The number of carboxylic acids is 1. The van der Waals surface area contributed by atoms with Crippen molar-refractivity contribution in [2.45, 2.75) is 31.3 Å². The van der Waals surface area contributed by atoms with Crippen LogP contribution in [0.5, 0.6) is 0 Å². The number of hydrogen-bond acceptors (Lipinski definition) is 3. The van der Waals surface area contributed by atoms with E-state index in [0.717, 1.165) is 0 Å². The highest BCUT2D eigenvalue weighted by Gasteiger charge is 2.29. The standard InChI is InChI=1S/C10H12N2O4/c1-2-3-7(10(15)16)12-9(14)6-4-5-8(13)11-6/h1,6-7H,3-5H2,(H,11,13)(H,12,14)(H,15,16)/t6-,7-/m0/s1. The first-order valence-corrected chi connectivity index (χ1v) is 4.80. The first-order valence-electron chi connectivity index (χ1n) is 4.80. The van der Waals surface area contributed by atoms with Crippen molar-refractivity contribution in [1.29, 1.82) is 0 Å². The van der Waals surface area contributed by atoms with E-state index in [4.69, 9.17) is 11.5 Å². The highest BCUT2D eigenvalue weighted by Crippen LogP contribution is 2.07. The maximum Gasteiger partial charge on any atom is 0.327 e. The van der Waals surface area contributed by atoms with E-state index in [-0.39, 0.29) is 18.7 Å². The van der Waals surface area contributed by atoms with E-state index in [9.17, 15) is 14.4 Å². The minimum Gasteiger partial charge on any atom is -0.480 e. The van der Waals surface area contributed by atoms with Crippen LogP contribution >= 0.6 is 0 Å². The van der Waals surface area contributed by atoms with Crippen LogP contribution in [0.4, 0.5) is 0 Å². The molecule has 1 rings (SSSR count). The molecule has 6 heteroatoms. The van der Waals surface area contributed by atoms with Crippen LogP contribution in [-0.4, -0.2) is 35.0 Å². The molecule has 0 unspecified atom stereocenters. The van der Waals surface area contributed by atoms with Crippen molar-refractivity contribution >= 4 is 17.8 Å². The average Bonchev–Trinajstić information content (AvgIpc) is 2.64. The minimum absolute atomic E-state index is 0.0816. The molecule has 1 fully saturated rings. The lowest BCUT2D eigenvalue weighted by Gasteiger charge is -2.15. The van der Waals surface area contributed by atoms with Crippen molar-refractivity contribution in [1.82, 2.24) is 10.6 Å². The highest BCUT2D eigenvalue weighted by molar-refractivity contribution is 5.92. The molecule has 0 aliphatic carbocycles. The van der Waals surface area contributed by atoms with Gasteiger partial charge >= 0.3 is 5.97 Å². The molecule has 1 heterocycles. The normalized spacial score (nSPS) is 20.7. The van der Waals surface area contributed by atoms with Crippen molar-refractivity contribution in [2.75, 3.05) is 0 Å². The topological polar surface area (TPSA) is 95.5 Å². The maximum absolute atomic E-state index is 11.5. The molecule has 0 aromatic heterocycles. The van der Waals surface area contributed by atoms with Crippen LogP contribution < -0.4 is 10.6 Å². The number of amides is 2. The number of carboxylic acid groups (broad SMARTS) is 1. The number of aliphatic carboxylic acids is 1. The zero-order valence-corrected chi connectivity index (χ0v) is 8.53.